The highest BCUT2D eigenvalue weighted by molar-refractivity contribution is 6.30. The first-order valence-corrected chi connectivity index (χ1v) is 6.46. The summed E-state index contributed by atoms with van der Waals surface area (Å²) < 4.78 is 0. The average molecular weight is 251 g/mol. The van der Waals surface area contributed by atoms with E-state index in [-0.39, 0.29) is 5.54 Å². The van der Waals surface area contributed by atoms with Crippen molar-refractivity contribution in [2.24, 2.45) is 0 Å². The zero-order valence-electron chi connectivity index (χ0n) is 10.7. The molecule has 0 saturated carbocycles. The van der Waals surface area contributed by atoms with Crippen LogP contribution in [0.15, 0.2) is 18.2 Å². The Hall–Kier alpha value is -1.20. The lowest BCUT2D eigenvalue weighted by Gasteiger charge is -2.33. The molecular weight excluding hydrogens is 232 g/mol. The maximum absolute atomic E-state index is 9.11. The third kappa shape index (κ3) is 3.14. The van der Waals surface area contributed by atoms with Crippen molar-refractivity contribution in [1.29, 1.82) is 5.26 Å². The van der Waals surface area contributed by atoms with Crippen LogP contribution in [0.5, 0.6) is 0 Å². The van der Waals surface area contributed by atoms with E-state index in [2.05, 4.69) is 32.2 Å². The molecule has 0 aromatic heterocycles. The number of nitrogens with zero attached hydrogens (tertiary/aromatic N) is 1. The number of halogens is 1. The molecule has 3 heteroatoms. The van der Waals surface area contributed by atoms with Gasteiger partial charge in [-0.05, 0) is 37.5 Å². The Bertz CT molecular complexity index is 408. The zero-order valence-corrected chi connectivity index (χ0v) is 11.4. The number of hydrogen-bond donors (Lipinski definition) is 1. The maximum atomic E-state index is 9.11. The highest BCUT2D eigenvalue weighted by atomic mass is 35.5. The zero-order chi connectivity index (χ0) is 12.9. The Morgan fingerprint density at radius 3 is 2.29 bits per heavy atom. The maximum Gasteiger partial charge on any atom is 0.101 e. The molecule has 1 rings (SSSR count). The van der Waals surface area contributed by atoms with Gasteiger partial charge < -0.3 is 5.32 Å². The van der Waals surface area contributed by atoms with Gasteiger partial charge in [-0.2, -0.15) is 5.26 Å². The van der Waals surface area contributed by atoms with Gasteiger partial charge in [-0.25, -0.2) is 0 Å². The fraction of sp³-hybridized carbons (Fsp3) is 0.500. The average Bonchev–Trinajstić information content (AvgIpc) is 2.37. The molecule has 2 nitrogen and oxygen atoms in total. The molecule has 0 spiro atoms. The van der Waals surface area contributed by atoms with Gasteiger partial charge in [-0.1, -0.05) is 32.4 Å². The second-order valence-electron chi connectivity index (χ2n) is 4.27. The van der Waals surface area contributed by atoms with E-state index in [1.165, 1.54) is 0 Å². The molecule has 0 aliphatic rings. The second kappa shape index (κ2) is 5.93. The highest BCUT2D eigenvalue weighted by Gasteiger charge is 2.24. The van der Waals surface area contributed by atoms with Gasteiger partial charge in [0.2, 0.25) is 0 Å². The lowest BCUT2D eigenvalue weighted by atomic mass is 9.89. The number of hydrogen-bond acceptors (Lipinski definition) is 2. The number of anilines is 1. The van der Waals surface area contributed by atoms with Crippen LogP contribution in [0.25, 0.3) is 0 Å². The Labute approximate surface area is 109 Å². The monoisotopic (exact) mass is 250 g/mol. The summed E-state index contributed by atoms with van der Waals surface area (Å²) in [6.45, 7) is 6.51. The van der Waals surface area contributed by atoms with E-state index in [0.29, 0.717) is 10.6 Å². The van der Waals surface area contributed by atoms with E-state index in [9.17, 15) is 0 Å². The summed E-state index contributed by atoms with van der Waals surface area (Å²) in [6.07, 6.45) is 3.11. The first-order valence-electron chi connectivity index (χ1n) is 6.08. The Morgan fingerprint density at radius 2 is 1.82 bits per heavy atom. The third-order valence-corrected chi connectivity index (χ3v) is 3.77. The van der Waals surface area contributed by atoms with E-state index >= 15 is 0 Å². The van der Waals surface area contributed by atoms with Gasteiger partial charge in [0.1, 0.15) is 6.07 Å². The first-order chi connectivity index (χ1) is 8.10. The number of benzene rings is 1. The predicted octanol–water partition coefficient (Wildman–Crippen LogP) is 4.59. The van der Waals surface area contributed by atoms with E-state index in [4.69, 9.17) is 16.9 Å². The summed E-state index contributed by atoms with van der Waals surface area (Å²) in [5, 5.41) is 13.2. The fourth-order valence-corrected chi connectivity index (χ4v) is 2.19. The fourth-order valence-electron chi connectivity index (χ4n) is 2.02. The van der Waals surface area contributed by atoms with E-state index < -0.39 is 0 Å². The lowest BCUT2D eigenvalue weighted by molar-refractivity contribution is 0.420. The molecule has 0 atom stereocenters. The summed E-state index contributed by atoms with van der Waals surface area (Å²) in [7, 11) is 0. The van der Waals surface area contributed by atoms with Crippen LogP contribution in [0.3, 0.4) is 0 Å². The number of nitriles is 1. The van der Waals surface area contributed by atoms with Crippen LogP contribution in [-0.2, 0) is 0 Å². The summed E-state index contributed by atoms with van der Waals surface area (Å²) in [4.78, 5) is 0. The van der Waals surface area contributed by atoms with Gasteiger partial charge in [-0.3, -0.25) is 0 Å². The molecular formula is C14H19ClN2. The van der Waals surface area contributed by atoms with Gasteiger partial charge >= 0.3 is 0 Å². The summed E-state index contributed by atoms with van der Waals surface area (Å²) in [6, 6.07) is 7.59. The van der Waals surface area contributed by atoms with Crippen LogP contribution >= 0.6 is 11.6 Å². The molecule has 92 valence electrons. The van der Waals surface area contributed by atoms with Crippen LogP contribution < -0.4 is 5.32 Å². The van der Waals surface area contributed by atoms with Gasteiger partial charge in [0.05, 0.1) is 11.3 Å². The van der Waals surface area contributed by atoms with Crippen LogP contribution in [0, 0.1) is 11.3 Å². The van der Waals surface area contributed by atoms with Crippen LogP contribution in [-0.4, -0.2) is 5.54 Å². The van der Waals surface area contributed by atoms with Crippen LogP contribution in [0.2, 0.25) is 5.02 Å². The predicted molar refractivity (Wildman–Crippen MR) is 73.4 cm³/mol. The third-order valence-electron chi connectivity index (χ3n) is 3.53. The largest absolute Gasteiger partial charge is 0.379 e. The lowest BCUT2D eigenvalue weighted by Crippen LogP contribution is -2.36. The van der Waals surface area contributed by atoms with Crippen molar-refractivity contribution in [3.05, 3.63) is 28.8 Å². The molecule has 0 radical (unpaired) electrons. The van der Waals surface area contributed by atoms with E-state index in [0.717, 1.165) is 24.9 Å². The molecule has 0 bridgehead atoms. The normalized spacial score (nSPS) is 11.0. The molecule has 0 aliphatic carbocycles. The Morgan fingerprint density at radius 1 is 1.24 bits per heavy atom. The summed E-state index contributed by atoms with van der Waals surface area (Å²) in [5.41, 5.74) is 1.55. The van der Waals surface area contributed by atoms with Gasteiger partial charge in [-0.15, -0.1) is 0 Å². The molecule has 0 saturated heterocycles. The van der Waals surface area contributed by atoms with Crippen molar-refractivity contribution in [1.82, 2.24) is 0 Å². The van der Waals surface area contributed by atoms with Crippen molar-refractivity contribution in [3.63, 3.8) is 0 Å². The number of rotatable bonds is 5. The van der Waals surface area contributed by atoms with Crippen molar-refractivity contribution in [3.8, 4) is 6.07 Å². The highest BCUT2D eigenvalue weighted by Crippen LogP contribution is 2.28. The van der Waals surface area contributed by atoms with Gasteiger partial charge in [0, 0.05) is 10.6 Å². The molecule has 0 aliphatic heterocycles. The quantitative estimate of drug-likeness (QED) is 0.830. The minimum Gasteiger partial charge on any atom is -0.379 e. The standard InChI is InChI=1S/C14H19ClN2/c1-4-14(5-2,6-3)17-13-8-7-12(15)9-11(13)10-16/h7-9,17H,4-6H2,1-3H3. The SMILES string of the molecule is CCC(CC)(CC)Nc1ccc(Cl)cc1C#N. The van der Waals surface area contributed by atoms with Gasteiger partial charge in [0.15, 0.2) is 0 Å². The summed E-state index contributed by atoms with van der Waals surface area (Å²) >= 11 is 5.89. The van der Waals surface area contributed by atoms with Crippen molar-refractivity contribution < 1.29 is 0 Å². The molecule has 0 heterocycles. The Balaban J connectivity index is 3.06. The molecule has 1 aromatic rings. The van der Waals surface area contributed by atoms with Gasteiger partial charge in [0.25, 0.3) is 0 Å². The van der Waals surface area contributed by atoms with Crippen molar-refractivity contribution >= 4 is 17.3 Å². The van der Waals surface area contributed by atoms with E-state index in [1.54, 1.807) is 6.07 Å². The van der Waals surface area contributed by atoms with Crippen molar-refractivity contribution in [2.45, 2.75) is 45.6 Å². The molecule has 17 heavy (non-hydrogen) atoms. The smallest absolute Gasteiger partial charge is 0.101 e. The number of nitrogens with one attached hydrogen (secondary N) is 1. The molecule has 0 unspecified atom stereocenters. The molecule has 0 fully saturated rings. The first kappa shape index (κ1) is 13.9. The van der Waals surface area contributed by atoms with Crippen molar-refractivity contribution in [2.75, 3.05) is 5.32 Å². The summed E-state index contributed by atoms with van der Waals surface area (Å²) in [5.74, 6) is 0. The molecule has 1 N–H and O–H groups in total. The topological polar surface area (TPSA) is 35.8 Å². The second-order valence-corrected chi connectivity index (χ2v) is 4.70. The minimum absolute atomic E-state index is 0.0689. The van der Waals surface area contributed by atoms with Crippen LogP contribution in [0.1, 0.15) is 45.6 Å². The minimum atomic E-state index is 0.0689. The molecule has 1 aromatic carbocycles. The molecule has 0 amide bonds. The van der Waals surface area contributed by atoms with E-state index in [1.807, 2.05) is 12.1 Å². The van der Waals surface area contributed by atoms with Crippen LogP contribution in [0.4, 0.5) is 5.69 Å². The Kier molecular flexibility index (Phi) is 4.84.